The van der Waals surface area contributed by atoms with Crippen molar-refractivity contribution in [3.8, 4) is 11.5 Å². The second-order valence-corrected chi connectivity index (χ2v) is 7.31. The monoisotopic (exact) mass is 502 g/mol. The van der Waals surface area contributed by atoms with Crippen molar-refractivity contribution < 1.29 is 29.6 Å². The number of hydrogen-bond donors (Lipinski definition) is 2. The summed E-state index contributed by atoms with van der Waals surface area (Å²) in [5.74, 6) is -1.55. The minimum Gasteiger partial charge on any atom is -0.502 e. The molecule has 10 heteroatoms. The minimum absolute atomic E-state index is 0. The van der Waals surface area contributed by atoms with Gasteiger partial charge < -0.3 is 10.2 Å². The standard InChI is InChI=1S/2C13H9NO4.CH4/c2*15-12-7-6-10(8-11(12)14(17)18)13(16)9-4-2-1-3-5-9;/h2*1-8,15H;1H4. The largest absolute Gasteiger partial charge is 0.502 e. The van der Waals surface area contributed by atoms with Crippen LogP contribution in [0.2, 0.25) is 0 Å². The molecule has 10 nitrogen and oxygen atoms in total. The number of nitro benzene ring substituents is 2. The molecule has 0 unspecified atom stereocenters. The van der Waals surface area contributed by atoms with Crippen LogP contribution in [-0.2, 0) is 0 Å². The van der Waals surface area contributed by atoms with E-state index in [-0.39, 0.29) is 30.1 Å². The third-order valence-electron chi connectivity index (χ3n) is 4.94. The van der Waals surface area contributed by atoms with Gasteiger partial charge in [0.25, 0.3) is 0 Å². The van der Waals surface area contributed by atoms with E-state index in [1.165, 1.54) is 12.1 Å². The number of hydrogen-bond acceptors (Lipinski definition) is 8. The van der Waals surface area contributed by atoms with Gasteiger partial charge in [0, 0.05) is 34.4 Å². The van der Waals surface area contributed by atoms with Gasteiger partial charge in [-0.15, -0.1) is 0 Å². The van der Waals surface area contributed by atoms with E-state index in [1.807, 2.05) is 0 Å². The fourth-order valence-corrected chi connectivity index (χ4v) is 3.13. The van der Waals surface area contributed by atoms with Gasteiger partial charge in [-0.3, -0.25) is 29.8 Å². The van der Waals surface area contributed by atoms with Gasteiger partial charge in [0.1, 0.15) is 0 Å². The highest BCUT2D eigenvalue weighted by atomic mass is 16.6. The van der Waals surface area contributed by atoms with Crippen LogP contribution in [0.1, 0.15) is 39.3 Å². The van der Waals surface area contributed by atoms with Crippen molar-refractivity contribution in [2.24, 2.45) is 0 Å². The molecule has 0 aromatic heterocycles. The van der Waals surface area contributed by atoms with Crippen molar-refractivity contribution in [2.75, 3.05) is 0 Å². The van der Waals surface area contributed by atoms with Crippen molar-refractivity contribution in [3.05, 3.63) is 140 Å². The topological polar surface area (TPSA) is 161 Å². The summed E-state index contributed by atoms with van der Waals surface area (Å²) in [5.41, 5.74) is 0.278. The molecule has 0 aliphatic rings. The van der Waals surface area contributed by atoms with Crippen LogP contribution >= 0.6 is 0 Å². The Morgan fingerprint density at radius 2 is 0.865 bits per heavy atom. The van der Waals surface area contributed by atoms with E-state index in [0.29, 0.717) is 11.1 Å². The van der Waals surface area contributed by atoms with Crippen molar-refractivity contribution in [2.45, 2.75) is 7.43 Å². The Hall–Kier alpha value is -5.38. The molecule has 4 aromatic carbocycles. The summed E-state index contributed by atoms with van der Waals surface area (Å²) in [5, 5.41) is 39.9. The number of nitro groups is 2. The van der Waals surface area contributed by atoms with E-state index in [9.17, 15) is 40.0 Å². The zero-order valence-corrected chi connectivity index (χ0v) is 18.5. The van der Waals surface area contributed by atoms with Crippen molar-refractivity contribution in [1.82, 2.24) is 0 Å². The van der Waals surface area contributed by atoms with Crippen LogP contribution in [0.5, 0.6) is 11.5 Å². The van der Waals surface area contributed by atoms with Crippen LogP contribution in [0.3, 0.4) is 0 Å². The molecule has 0 amide bonds. The molecule has 4 aromatic rings. The first-order valence-corrected chi connectivity index (χ1v) is 10.3. The van der Waals surface area contributed by atoms with Crippen LogP contribution in [0, 0.1) is 20.2 Å². The van der Waals surface area contributed by atoms with Gasteiger partial charge in [0.15, 0.2) is 23.1 Å². The lowest BCUT2D eigenvalue weighted by Gasteiger charge is -2.02. The van der Waals surface area contributed by atoms with Crippen LogP contribution in [0.4, 0.5) is 11.4 Å². The van der Waals surface area contributed by atoms with Gasteiger partial charge in [-0.25, -0.2) is 0 Å². The minimum atomic E-state index is -0.725. The second kappa shape index (κ2) is 12.4. The molecule has 37 heavy (non-hydrogen) atoms. The van der Waals surface area contributed by atoms with Gasteiger partial charge >= 0.3 is 11.4 Å². The maximum atomic E-state index is 12.0. The lowest BCUT2D eigenvalue weighted by molar-refractivity contribution is -0.386. The molecule has 188 valence electrons. The smallest absolute Gasteiger partial charge is 0.311 e. The van der Waals surface area contributed by atoms with E-state index in [2.05, 4.69) is 0 Å². The Morgan fingerprint density at radius 3 is 1.16 bits per heavy atom. The number of rotatable bonds is 6. The average molecular weight is 502 g/mol. The lowest BCUT2D eigenvalue weighted by Crippen LogP contribution is -2.01. The number of phenolic OH excluding ortho intramolecular Hbond substituents is 2. The van der Waals surface area contributed by atoms with Crippen LogP contribution in [0.25, 0.3) is 0 Å². The number of ketones is 2. The third kappa shape index (κ3) is 6.83. The zero-order valence-electron chi connectivity index (χ0n) is 18.5. The second-order valence-electron chi connectivity index (χ2n) is 7.31. The molecule has 0 saturated carbocycles. The van der Waals surface area contributed by atoms with E-state index >= 15 is 0 Å². The van der Waals surface area contributed by atoms with Gasteiger partial charge in [-0.05, 0) is 24.3 Å². The Kier molecular flexibility index (Phi) is 9.31. The Balaban J connectivity index is 0.000000253. The van der Waals surface area contributed by atoms with E-state index in [4.69, 9.17) is 0 Å². The number of phenols is 2. The van der Waals surface area contributed by atoms with Crippen LogP contribution in [0.15, 0.2) is 97.1 Å². The highest BCUT2D eigenvalue weighted by Crippen LogP contribution is 2.28. The maximum Gasteiger partial charge on any atom is 0.311 e. The normalized spacial score (nSPS) is 9.73. The Morgan fingerprint density at radius 1 is 0.541 bits per heavy atom. The predicted molar refractivity (Wildman–Crippen MR) is 136 cm³/mol. The van der Waals surface area contributed by atoms with Crippen molar-refractivity contribution >= 4 is 22.9 Å². The molecule has 0 spiro atoms. The molecule has 4 rings (SSSR count). The molecular weight excluding hydrogens is 480 g/mol. The summed E-state index contributed by atoms with van der Waals surface area (Å²) >= 11 is 0. The summed E-state index contributed by atoms with van der Waals surface area (Å²) in [4.78, 5) is 43.9. The average Bonchev–Trinajstić information content (AvgIpc) is 2.89. The molecule has 0 heterocycles. The van der Waals surface area contributed by atoms with Gasteiger partial charge in [-0.2, -0.15) is 0 Å². The van der Waals surface area contributed by atoms with Crippen LogP contribution in [-0.4, -0.2) is 31.6 Å². The quantitative estimate of drug-likeness (QED) is 0.193. The molecule has 0 aliphatic heterocycles. The molecule has 0 saturated heterocycles. The fourth-order valence-electron chi connectivity index (χ4n) is 3.13. The molecule has 0 radical (unpaired) electrons. The summed E-state index contributed by atoms with van der Waals surface area (Å²) in [6.45, 7) is 0. The molecule has 2 N–H and O–H groups in total. The van der Waals surface area contributed by atoms with Crippen molar-refractivity contribution in [3.63, 3.8) is 0 Å². The van der Waals surface area contributed by atoms with Gasteiger partial charge in [0.05, 0.1) is 9.85 Å². The number of carbonyl (C=O) groups is 2. The molecule has 0 aliphatic carbocycles. The SMILES string of the molecule is C.O=C(c1ccccc1)c1ccc(O)c([N+](=O)[O-])c1.O=C(c1ccccc1)c1ccc(O)c([N+](=O)[O-])c1. The highest BCUT2D eigenvalue weighted by molar-refractivity contribution is 6.10. The first-order valence-electron chi connectivity index (χ1n) is 10.3. The summed E-state index contributed by atoms with van der Waals surface area (Å²) in [6.07, 6.45) is 0. The van der Waals surface area contributed by atoms with E-state index in [0.717, 1.165) is 24.3 Å². The number of benzene rings is 4. The maximum absolute atomic E-state index is 12.0. The predicted octanol–water partition coefficient (Wildman–Crippen LogP) is 5.70. The molecular formula is C27H22N2O8. The highest BCUT2D eigenvalue weighted by Gasteiger charge is 2.18. The first-order chi connectivity index (χ1) is 17.2. The summed E-state index contributed by atoms with van der Waals surface area (Å²) in [7, 11) is 0. The van der Waals surface area contributed by atoms with Gasteiger partial charge in [-0.1, -0.05) is 68.1 Å². The van der Waals surface area contributed by atoms with Crippen LogP contribution < -0.4 is 0 Å². The Labute approximate surface area is 211 Å². The number of carbonyl (C=O) groups excluding carboxylic acids is 2. The molecule has 0 fully saturated rings. The first kappa shape index (κ1) is 27.9. The zero-order chi connectivity index (χ0) is 26.2. The number of nitrogens with zero attached hydrogens (tertiary/aromatic N) is 2. The Bertz CT molecular complexity index is 1330. The van der Waals surface area contributed by atoms with E-state index < -0.39 is 32.7 Å². The lowest BCUT2D eigenvalue weighted by atomic mass is 10.0. The summed E-state index contributed by atoms with van der Waals surface area (Å²) in [6, 6.07) is 24.1. The van der Waals surface area contributed by atoms with Crippen molar-refractivity contribution in [1.29, 1.82) is 0 Å². The fraction of sp³-hybridized carbons (Fsp3) is 0.0370. The van der Waals surface area contributed by atoms with E-state index in [1.54, 1.807) is 60.7 Å². The molecule has 0 atom stereocenters. The number of aromatic hydroxyl groups is 2. The molecule has 0 bridgehead atoms. The third-order valence-corrected chi connectivity index (χ3v) is 4.94. The van der Waals surface area contributed by atoms with Gasteiger partial charge in [0.2, 0.25) is 0 Å². The summed E-state index contributed by atoms with van der Waals surface area (Å²) < 4.78 is 0.